The van der Waals surface area contributed by atoms with Gasteiger partial charge in [0.05, 0.1) is 5.25 Å². The summed E-state index contributed by atoms with van der Waals surface area (Å²) in [6.45, 7) is 0. The number of amides is 1. The van der Waals surface area contributed by atoms with Crippen molar-refractivity contribution in [2.24, 2.45) is 0 Å². The maximum absolute atomic E-state index is 12.2. The van der Waals surface area contributed by atoms with Crippen LogP contribution in [0.5, 0.6) is 0 Å². The molecule has 5 heteroatoms. The minimum atomic E-state index is -0.144. The van der Waals surface area contributed by atoms with Crippen molar-refractivity contribution in [1.82, 2.24) is 9.97 Å². The number of fused-ring (bicyclic) bond motifs is 1. The lowest BCUT2D eigenvalue weighted by atomic mass is 10.1. The highest BCUT2D eigenvalue weighted by Crippen LogP contribution is 2.29. The minimum absolute atomic E-state index is 0.0300. The molecule has 1 unspecified atom stereocenters. The zero-order valence-corrected chi connectivity index (χ0v) is 11.1. The molecule has 0 bridgehead atoms. The average molecular weight is 271 g/mol. The topological polar surface area (TPSA) is 54.9 Å². The third-order valence-electron chi connectivity index (χ3n) is 3.03. The van der Waals surface area contributed by atoms with Crippen LogP contribution in [0.2, 0.25) is 0 Å². The molecule has 1 atom stereocenters. The van der Waals surface area contributed by atoms with Gasteiger partial charge in [-0.1, -0.05) is 30.0 Å². The molecular formula is C14H13N3OS. The number of nitrogens with one attached hydrogen (secondary N) is 1. The SMILES string of the molecule is O=C1Nc2ccccc2CCC1Sc1ncccn1. The number of carbonyl (C=O) groups is 1. The molecule has 1 aromatic carbocycles. The molecule has 96 valence electrons. The summed E-state index contributed by atoms with van der Waals surface area (Å²) < 4.78 is 0. The molecule has 0 aliphatic carbocycles. The van der Waals surface area contributed by atoms with Crippen molar-refractivity contribution in [3.05, 3.63) is 48.3 Å². The second kappa shape index (κ2) is 5.40. The van der Waals surface area contributed by atoms with E-state index in [1.54, 1.807) is 18.5 Å². The van der Waals surface area contributed by atoms with Crippen molar-refractivity contribution >= 4 is 23.4 Å². The number of benzene rings is 1. The van der Waals surface area contributed by atoms with Crippen molar-refractivity contribution in [2.45, 2.75) is 23.2 Å². The first-order chi connectivity index (χ1) is 9.33. The van der Waals surface area contributed by atoms with Gasteiger partial charge in [0.25, 0.3) is 0 Å². The van der Waals surface area contributed by atoms with Crippen LogP contribution in [0.1, 0.15) is 12.0 Å². The van der Waals surface area contributed by atoms with Crippen LogP contribution in [-0.2, 0) is 11.2 Å². The van der Waals surface area contributed by atoms with Crippen molar-refractivity contribution in [1.29, 1.82) is 0 Å². The molecule has 0 radical (unpaired) electrons. The van der Waals surface area contributed by atoms with Gasteiger partial charge in [-0.05, 0) is 30.5 Å². The quantitative estimate of drug-likeness (QED) is 0.853. The van der Waals surface area contributed by atoms with Crippen LogP contribution in [0.15, 0.2) is 47.9 Å². The molecule has 1 N–H and O–H groups in total. The molecule has 0 saturated heterocycles. The highest BCUT2D eigenvalue weighted by atomic mass is 32.2. The lowest BCUT2D eigenvalue weighted by Gasteiger charge is -2.11. The van der Waals surface area contributed by atoms with E-state index in [-0.39, 0.29) is 11.2 Å². The molecule has 2 aromatic rings. The molecular weight excluding hydrogens is 258 g/mol. The van der Waals surface area contributed by atoms with E-state index in [9.17, 15) is 4.79 Å². The van der Waals surface area contributed by atoms with E-state index < -0.39 is 0 Å². The first-order valence-electron chi connectivity index (χ1n) is 6.15. The van der Waals surface area contributed by atoms with E-state index in [2.05, 4.69) is 21.4 Å². The van der Waals surface area contributed by atoms with E-state index in [1.165, 1.54) is 17.3 Å². The summed E-state index contributed by atoms with van der Waals surface area (Å²) in [5, 5.41) is 3.48. The molecule has 2 heterocycles. The summed E-state index contributed by atoms with van der Waals surface area (Å²) in [4.78, 5) is 20.5. The van der Waals surface area contributed by atoms with Gasteiger partial charge in [-0.2, -0.15) is 0 Å². The second-order valence-corrected chi connectivity index (χ2v) is 5.49. The maximum Gasteiger partial charge on any atom is 0.237 e. The number of rotatable bonds is 2. The Morgan fingerprint density at radius 3 is 2.79 bits per heavy atom. The van der Waals surface area contributed by atoms with Gasteiger partial charge in [0.15, 0.2) is 5.16 Å². The number of carbonyl (C=O) groups excluding carboxylic acids is 1. The van der Waals surface area contributed by atoms with E-state index >= 15 is 0 Å². The predicted molar refractivity (Wildman–Crippen MR) is 75.1 cm³/mol. The van der Waals surface area contributed by atoms with Crippen LogP contribution in [0, 0.1) is 0 Å². The summed E-state index contributed by atoms with van der Waals surface area (Å²) in [5.74, 6) is 0.0300. The largest absolute Gasteiger partial charge is 0.325 e. The third-order valence-corrected chi connectivity index (χ3v) is 4.19. The van der Waals surface area contributed by atoms with E-state index in [0.29, 0.717) is 5.16 Å². The zero-order valence-electron chi connectivity index (χ0n) is 10.2. The maximum atomic E-state index is 12.2. The van der Waals surface area contributed by atoms with Crippen molar-refractivity contribution < 1.29 is 4.79 Å². The molecule has 0 spiro atoms. The van der Waals surface area contributed by atoms with Crippen LogP contribution >= 0.6 is 11.8 Å². The molecule has 3 rings (SSSR count). The predicted octanol–water partition coefficient (Wildman–Crippen LogP) is 2.52. The Bertz CT molecular complexity index is 588. The van der Waals surface area contributed by atoms with Crippen LogP contribution in [0.3, 0.4) is 0 Å². The fourth-order valence-electron chi connectivity index (χ4n) is 2.08. The smallest absolute Gasteiger partial charge is 0.237 e. The molecule has 1 amide bonds. The molecule has 1 aliphatic rings. The average Bonchev–Trinajstić information content (AvgIpc) is 2.60. The molecule has 19 heavy (non-hydrogen) atoms. The number of hydrogen-bond acceptors (Lipinski definition) is 4. The van der Waals surface area contributed by atoms with E-state index in [4.69, 9.17) is 0 Å². The number of aromatic nitrogens is 2. The summed E-state index contributed by atoms with van der Waals surface area (Å²) in [7, 11) is 0. The molecule has 0 saturated carbocycles. The number of aryl methyl sites for hydroxylation is 1. The number of thioether (sulfide) groups is 1. The first kappa shape index (κ1) is 12.2. The molecule has 0 fully saturated rings. The normalized spacial score (nSPS) is 18.3. The number of para-hydroxylation sites is 1. The van der Waals surface area contributed by atoms with Gasteiger partial charge < -0.3 is 5.32 Å². The summed E-state index contributed by atoms with van der Waals surface area (Å²) in [6, 6.07) is 9.71. The van der Waals surface area contributed by atoms with Crippen LogP contribution in [0.25, 0.3) is 0 Å². The van der Waals surface area contributed by atoms with Crippen LogP contribution < -0.4 is 5.32 Å². The van der Waals surface area contributed by atoms with E-state index in [0.717, 1.165) is 18.5 Å². The Balaban J connectivity index is 1.78. The Hall–Kier alpha value is -1.88. The minimum Gasteiger partial charge on any atom is -0.325 e. The monoisotopic (exact) mass is 271 g/mol. The van der Waals surface area contributed by atoms with Gasteiger partial charge in [-0.3, -0.25) is 4.79 Å². The first-order valence-corrected chi connectivity index (χ1v) is 7.03. The lowest BCUT2D eigenvalue weighted by Crippen LogP contribution is -2.23. The summed E-state index contributed by atoms with van der Waals surface area (Å²) in [6.07, 6.45) is 5.07. The highest BCUT2D eigenvalue weighted by Gasteiger charge is 2.25. The third kappa shape index (κ3) is 2.76. The second-order valence-electron chi connectivity index (χ2n) is 4.32. The van der Waals surface area contributed by atoms with Crippen molar-refractivity contribution in [3.8, 4) is 0 Å². The van der Waals surface area contributed by atoms with E-state index in [1.807, 2.05) is 18.2 Å². The Morgan fingerprint density at radius 1 is 1.16 bits per heavy atom. The Morgan fingerprint density at radius 2 is 1.95 bits per heavy atom. The lowest BCUT2D eigenvalue weighted by molar-refractivity contribution is -0.115. The van der Waals surface area contributed by atoms with Crippen LogP contribution in [-0.4, -0.2) is 21.1 Å². The fourth-order valence-corrected chi connectivity index (χ4v) is 2.98. The highest BCUT2D eigenvalue weighted by molar-refractivity contribution is 8.00. The van der Waals surface area contributed by atoms with Gasteiger partial charge in [0.2, 0.25) is 5.91 Å². The fraction of sp³-hybridized carbons (Fsp3) is 0.214. The zero-order chi connectivity index (χ0) is 13.1. The Labute approximate surface area is 115 Å². The molecule has 1 aliphatic heterocycles. The summed E-state index contributed by atoms with van der Waals surface area (Å²) in [5.41, 5.74) is 2.11. The van der Waals surface area contributed by atoms with Gasteiger partial charge >= 0.3 is 0 Å². The number of anilines is 1. The number of nitrogens with zero attached hydrogens (tertiary/aromatic N) is 2. The Kier molecular flexibility index (Phi) is 3.46. The van der Waals surface area contributed by atoms with Gasteiger partial charge in [-0.25, -0.2) is 9.97 Å². The van der Waals surface area contributed by atoms with Crippen LogP contribution in [0.4, 0.5) is 5.69 Å². The summed E-state index contributed by atoms with van der Waals surface area (Å²) >= 11 is 1.42. The van der Waals surface area contributed by atoms with Gasteiger partial charge in [0.1, 0.15) is 0 Å². The van der Waals surface area contributed by atoms with Crippen molar-refractivity contribution in [2.75, 3.05) is 5.32 Å². The van der Waals surface area contributed by atoms with Gasteiger partial charge in [0, 0.05) is 18.1 Å². The standard InChI is InChI=1S/C14H13N3OS/c18-13-12(19-14-15-8-3-9-16-14)7-6-10-4-1-2-5-11(10)17-13/h1-5,8-9,12H,6-7H2,(H,17,18). The number of hydrogen-bond donors (Lipinski definition) is 1. The molecule has 4 nitrogen and oxygen atoms in total. The van der Waals surface area contributed by atoms with Gasteiger partial charge in [-0.15, -0.1) is 0 Å². The molecule has 1 aromatic heterocycles. The van der Waals surface area contributed by atoms with Crippen molar-refractivity contribution in [3.63, 3.8) is 0 Å².